The minimum atomic E-state index is 0.234. The van der Waals surface area contributed by atoms with Crippen LogP contribution >= 0.6 is 0 Å². The van der Waals surface area contributed by atoms with Crippen LogP contribution in [0.15, 0.2) is 30.5 Å². The van der Waals surface area contributed by atoms with Crippen molar-refractivity contribution in [1.29, 1.82) is 5.26 Å². The zero-order valence-corrected chi connectivity index (χ0v) is 13.6. The number of nitrogen functional groups attached to an aromatic ring is 1. The fourth-order valence-corrected chi connectivity index (χ4v) is 2.77. The number of hydrogen-bond donors (Lipinski definition) is 2. The second kappa shape index (κ2) is 6.46. The van der Waals surface area contributed by atoms with Gasteiger partial charge in [0.15, 0.2) is 5.82 Å². The fraction of sp³-hybridized carbons (Fsp3) is 0.235. The predicted octanol–water partition coefficient (Wildman–Crippen LogP) is 2.18. The maximum atomic E-state index is 8.91. The highest BCUT2D eigenvalue weighted by atomic mass is 16.5. The summed E-state index contributed by atoms with van der Waals surface area (Å²) in [6.07, 6.45) is 2.31. The average Bonchev–Trinajstić information content (AvgIpc) is 2.97. The number of benzene rings is 1. The van der Waals surface area contributed by atoms with E-state index in [0.29, 0.717) is 18.8 Å². The first-order valence-electron chi connectivity index (χ1n) is 7.49. The van der Waals surface area contributed by atoms with Crippen molar-refractivity contribution in [2.75, 3.05) is 25.2 Å². The standard InChI is InChI=1S/C17H18N6O/c1-20-16-15-13(21-17(19)22-16)6-8-23(15)10-12-9-11(5-7-18)3-4-14(12)24-2/h3-4,6,8-9H,5,10H2,1-2H3,(H3,19,20,21,22). The number of anilines is 2. The van der Waals surface area contributed by atoms with Crippen molar-refractivity contribution in [3.63, 3.8) is 0 Å². The van der Waals surface area contributed by atoms with Crippen LogP contribution in [0.4, 0.5) is 11.8 Å². The van der Waals surface area contributed by atoms with Crippen molar-refractivity contribution in [3.05, 3.63) is 41.6 Å². The lowest BCUT2D eigenvalue weighted by Crippen LogP contribution is -2.06. The Kier molecular flexibility index (Phi) is 4.20. The van der Waals surface area contributed by atoms with Crippen molar-refractivity contribution in [1.82, 2.24) is 14.5 Å². The van der Waals surface area contributed by atoms with Gasteiger partial charge in [-0.05, 0) is 23.8 Å². The number of hydrogen-bond acceptors (Lipinski definition) is 6. The molecule has 0 spiro atoms. The van der Waals surface area contributed by atoms with Crippen LogP contribution < -0.4 is 15.8 Å². The van der Waals surface area contributed by atoms with Gasteiger partial charge >= 0.3 is 0 Å². The first-order valence-corrected chi connectivity index (χ1v) is 7.49. The second-order valence-corrected chi connectivity index (χ2v) is 5.34. The van der Waals surface area contributed by atoms with E-state index in [0.717, 1.165) is 27.9 Å². The summed E-state index contributed by atoms with van der Waals surface area (Å²) in [7, 11) is 3.44. The van der Waals surface area contributed by atoms with Gasteiger partial charge in [0, 0.05) is 18.8 Å². The molecule has 2 aromatic heterocycles. The summed E-state index contributed by atoms with van der Waals surface area (Å²) in [5, 5.41) is 12.0. The molecule has 122 valence electrons. The monoisotopic (exact) mass is 322 g/mol. The van der Waals surface area contributed by atoms with Crippen LogP contribution in [-0.4, -0.2) is 28.7 Å². The molecule has 0 aliphatic rings. The predicted molar refractivity (Wildman–Crippen MR) is 92.9 cm³/mol. The van der Waals surface area contributed by atoms with Crippen LogP contribution in [-0.2, 0) is 13.0 Å². The number of rotatable bonds is 5. The number of methoxy groups -OCH3 is 1. The number of aromatic nitrogens is 3. The van der Waals surface area contributed by atoms with Crippen molar-refractivity contribution in [2.45, 2.75) is 13.0 Å². The van der Waals surface area contributed by atoms with E-state index < -0.39 is 0 Å². The minimum absolute atomic E-state index is 0.234. The van der Waals surface area contributed by atoms with Gasteiger partial charge in [0.25, 0.3) is 0 Å². The van der Waals surface area contributed by atoms with Crippen LogP contribution in [0.1, 0.15) is 11.1 Å². The summed E-state index contributed by atoms with van der Waals surface area (Å²) in [6.45, 7) is 0.577. The molecular weight excluding hydrogens is 304 g/mol. The van der Waals surface area contributed by atoms with Gasteiger partial charge in [0.05, 0.1) is 31.7 Å². The topological polar surface area (TPSA) is 102 Å². The van der Waals surface area contributed by atoms with Gasteiger partial charge in [-0.2, -0.15) is 10.2 Å². The molecule has 2 heterocycles. The van der Waals surface area contributed by atoms with E-state index in [1.165, 1.54) is 0 Å². The normalized spacial score (nSPS) is 10.5. The number of fused-ring (bicyclic) bond motifs is 1. The number of nitrogens with zero attached hydrogens (tertiary/aromatic N) is 4. The van der Waals surface area contributed by atoms with Gasteiger partial charge in [-0.3, -0.25) is 0 Å². The largest absolute Gasteiger partial charge is 0.496 e. The Morgan fingerprint density at radius 3 is 2.88 bits per heavy atom. The number of nitrogens with two attached hydrogens (primary N) is 1. The molecular formula is C17H18N6O. The maximum absolute atomic E-state index is 8.91. The Hall–Kier alpha value is -3.27. The third-order valence-electron chi connectivity index (χ3n) is 3.83. The highest BCUT2D eigenvalue weighted by Crippen LogP contribution is 2.26. The Balaban J connectivity index is 2.07. The van der Waals surface area contributed by atoms with Gasteiger partial charge in [-0.15, -0.1) is 0 Å². The lowest BCUT2D eigenvalue weighted by Gasteiger charge is -2.13. The Morgan fingerprint density at radius 2 is 2.17 bits per heavy atom. The van der Waals surface area contributed by atoms with E-state index >= 15 is 0 Å². The van der Waals surface area contributed by atoms with Gasteiger partial charge in [0.1, 0.15) is 11.3 Å². The highest BCUT2D eigenvalue weighted by molar-refractivity contribution is 5.87. The summed E-state index contributed by atoms with van der Waals surface area (Å²) < 4.78 is 7.49. The van der Waals surface area contributed by atoms with E-state index in [9.17, 15) is 0 Å². The van der Waals surface area contributed by atoms with Crippen LogP contribution in [0.25, 0.3) is 11.0 Å². The molecule has 0 saturated carbocycles. The third-order valence-corrected chi connectivity index (χ3v) is 3.83. The first kappa shape index (κ1) is 15.6. The Bertz CT molecular complexity index is 925. The molecule has 0 radical (unpaired) electrons. The Labute approximate surface area is 139 Å². The molecule has 3 aromatic rings. The summed E-state index contributed by atoms with van der Waals surface area (Å²) in [5.74, 6) is 1.69. The van der Waals surface area contributed by atoms with Gasteiger partial charge in [-0.1, -0.05) is 6.07 Å². The smallest absolute Gasteiger partial charge is 0.222 e. The van der Waals surface area contributed by atoms with Crippen molar-refractivity contribution in [3.8, 4) is 11.8 Å². The average molecular weight is 322 g/mol. The van der Waals surface area contributed by atoms with E-state index in [2.05, 4.69) is 21.4 Å². The van der Waals surface area contributed by atoms with Crippen molar-refractivity contribution < 1.29 is 4.74 Å². The molecule has 0 saturated heterocycles. The quantitative estimate of drug-likeness (QED) is 0.746. The molecule has 0 aliphatic heterocycles. The molecule has 7 nitrogen and oxygen atoms in total. The number of ether oxygens (including phenoxy) is 1. The SMILES string of the molecule is CNc1nc(N)nc2ccn(Cc3cc(CC#N)ccc3OC)c12. The lowest BCUT2D eigenvalue weighted by molar-refractivity contribution is 0.408. The van der Waals surface area contributed by atoms with Crippen LogP contribution in [0.3, 0.4) is 0 Å². The van der Waals surface area contributed by atoms with Crippen LogP contribution in [0.2, 0.25) is 0 Å². The van der Waals surface area contributed by atoms with E-state index in [4.69, 9.17) is 15.7 Å². The molecule has 3 rings (SSSR count). The molecule has 24 heavy (non-hydrogen) atoms. The fourth-order valence-electron chi connectivity index (χ4n) is 2.77. The van der Waals surface area contributed by atoms with E-state index in [1.54, 1.807) is 14.2 Å². The van der Waals surface area contributed by atoms with Gasteiger partial charge in [-0.25, -0.2) is 4.98 Å². The molecule has 0 aliphatic carbocycles. The van der Waals surface area contributed by atoms with Crippen LogP contribution in [0, 0.1) is 11.3 Å². The molecule has 0 bridgehead atoms. The Morgan fingerprint density at radius 1 is 1.33 bits per heavy atom. The summed E-state index contributed by atoms with van der Waals surface area (Å²) >= 11 is 0. The second-order valence-electron chi connectivity index (χ2n) is 5.34. The number of nitrogens with one attached hydrogen (secondary N) is 1. The maximum Gasteiger partial charge on any atom is 0.222 e. The minimum Gasteiger partial charge on any atom is -0.496 e. The van der Waals surface area contributed by atoms with Crippen molar-refractivity contribution in [2.24, 2.45) is 0 Å². The van der Waals surface area contributed by atoms with Crippen LogP contribution in [0.5, 0.6) is 5.75 Å². The summed E-state index contributed by atoms with van der Waals surface area (Å²) in [5.41, 5.74) is 9.34. The molecule has 7 heteroatoms. The summed E-state index contributed by atoms with van der Waals surface area (Å²) in [6, 6.07) is 9.86. The van der Waals surface area contributed by atoms with Gasteiger partial charge in [0.2, 0.25) is 5.95 Å². The first-order chi connectivity index (χ1) is 11.7. The number of nitriles is 1. The van der Waals surface area contributed by atoms with E-state index in [-0.39, 0.29) is 5.95 Å². The molecule has 3 N–H and O–H groups in total. The van der Waals surface area contributed by atoms with E-state index in [1.807, 2.05) is 35.0 Å². The molecule has 0 atom stereocenters. The van der Waals surface area contributed by atoms with Gasteiger partial charge < -0.3 is 20.4 Å². The third kappa shape index (κ3) is 2.82. The molecule has 0 unspecified atom stereocenters. The van der Waals surface area contributed by atoms with Crippen molar-refractivity contribution >= 4 is 22.8 Å². The molecule has 0 amide bonds. The molecule has 1 aromatic carbocycles. The highest BCUT2D eigenvalue weighted by Gasteiger charge is 2.12. The summed E-state index contributed by atoms with van der Waals surface area (Å²) in [4.78, 5) is 8.51. The lowest BCUT2D eigenvalue weighted by atomic mass is 10.1. The molecule has 0 fully saturated rings. The zero-order chi connectivity index (χ0) is 17.1. The zero-order valence-electron chi connectivity index (χ0n) is 13.6.